The second-order valence-corrected chi connectivity index (χ2v) is 10.5. The lowest BCUT2D eigenvalue weighted by Crippen LogP contribution is -2.71. The van der Waals surface area contributed by atoms with E-state index < -0.39 is 29.2 Å². The molecule has 1 unspecified atom stereocenters. The Morgan fingerprint density at radius 2 is 2.27 bits per heavy atom. The Labute approximate surface area is 223 Å². The lowest BCUT2D eigenvalue weighted by Gasteiger charge is -2.49. The van der Waals surface area contributed by atoms with E-state index in [9.17, 15) is 19.5 Å². The summed E-state index contributed by atoms with van der Waals surface area (Å²) in [5, 5.41) is 17.5. The highest BCUT2D eigenvalue weighted by Crippen LogP contribution is 2.43. The Balaban J connectivity index is 1.48. The van der Waals surface area contributed by atoms with Crippen molar-refractivity contribution in [1.82, 2.24) is 24.6 Å². The number of thioether (sulfide) groups is 2. The van der Waals surface area contributed by atoms with E-state index in [0.717, 1.165) is 22.8 Å². The minimum Gasteiger partial charge on any atom is -0.477 e. The molecule has 0 saturated carbocycles. The van der Waals surface area contributed by atoms with E-state index in [1.165, 1.54) is 34.5 Å². The van der Waals surface area contributed by atoms with E-state index >= 15 is 0 Å². The zero-order valence-corrected chi connectivity index (χ0v) is 21.8. The van der Waals surface area contributed by atoms with Crippen LogP contribution >= 0.6 is 35.1 Å². The summed E-state index contributed by atoms with van der Waals surface area (Å²) < 4.78 is 3.98. The molecule has 0 aliphatic carbocycles. The third-order valence-electron chi connectivity index (χ3n) is 5.04. The smallest absolute Gasteiger partial charge is 0.353 e. The molecule has 0 bridgehead atoms. The van der Waals surface area contributed by atoms with Crippen molar-refractivity contribution in [3.05, 3.63) is 64.1 Å². The fourth-order valence-electron chi connectivity index (χ4n) is 3.33. The van der Waals surface area contributed by atoms with Gasteiger partial charge in [0, 0.05) is 34.1 Å². The Hall–Kier alpha value is -3.69. The highest BCUT2D eigenvalue weighted by Gasteiger charge is 2.54. The number of aliphatic carboxylic acids is 1. The van der Waals surface area contributed by atoms with Crippen molar-refractivity contribution in [2.24, 2.45) is 5.16 Å². The molecule has 15 heteroatoms. The van der Waals surface area contributed by atoms with Gasteiger partial charge in [-0.25, -0.2) is 4.79 Å². The van der Waals surface area contributed by atoms with Gasteiger partial charge in [-0.05, 0) is 30.0 Å². The molecule has 2 amide bonds. The van der Waals surface area contributed by atoms with Crippen molar-refractivity contribution in [2.45, 2.75) is 18.3 Å². The van der Waals surface area contributed by atoms with Crippen LogP contribution in [-0.2, 0) is 19.2 Å². The Morgan fingerprint density at radius 1 is 1.46 bits per heavy atom. The number of amides is 2. The highest BCUT2D eigenvalue weighted by atomic mass is 32.2. The minimum absolute atomic E-state index is 0.0348. The molecule has 37 heavy (non-hydrogen) atoms. The molecule has 192 valence electrons. The number of carboxylic acids is 1. The fraction of sp³-hybridized carbons (Fsp3) is 0.227. The first-order valence-electron chi connectivity index (χ1n) is 10.7. The normalized spacial score (nSPS) is 19.4. The number of β-lactam (4-membered cyclic amide) rings is 1. The van der Waals surface area contributed by atoms with Gasteiger partial charge in [0.05, 0.1) is 0 Å². The van der Waals surface area contributed by atoms with E-state index in [1.54, 1.807) is 11.6 Å². The molecule has 2 atom stereocenters. The number of hydrogen-bond donors (Lipinski definition) is 3. The van der Waals surface area contributed by atoms with E-state index in [1.807, 2.05) is 25.1 Å². The fourth-order valence-corrected chi connectivity index (χ4v) is 6.12. The number of carboxylic acid groups (broad SMARTS) is 1. The van der Waals surface area contributed by atoms with Gasteiger partial charge < -0.3 is 21.0 Å². The average molecular weight is 560 g/mol. The SMILES string of the molecule is C=CCON=C(C(=O)NC1C(=O)N2C(C(=O)O)=C(S/C=C\c3ccc(C)nc3)CS[C@H]12)c1nsc(N)n1. The molecule has 0 spiro atoms. The van der Waals surface area contributed by atoms with Crippen molar-refractivity contribution in [3.8, 4) is 0 Å². The molecule has 12 nitrogen and oxygen atoms in total. The van der Waals surface area contributed by atoms with Crippen molar-refractivity contribution < 1.29 is 24.3 Å². The number of nitrogens with two attached hydrogens (primary N) is 1. The maximum atomic E-state index is 13.0. The molecule has 2 aliphatic rings. The number of pyridine rings is 1. The van der Waals surface area contributed by atoms with Crippen LogP contribution in [0, 0.1) is 6.92 Å². The Bertz CT molecular complexity index is 1320. The van der Waals surface area contributed by atoms with Gasteiger partial charge in [-0.1, -0.05) is 35.6 Å². The quantitative estimate of drug-likeness (QED) is 0.127. The molecule has 1 saturated heterocycles. The summed E-state index contributed by atoms with van der Waals surface area (Å²) in [4.78, 5) is 52.9. The van der Waals surface area contributed by atoms with Crippen molar-refractivity contribution in [2.75, 3.05) is 18.1 Å². The van der Waals surface area contributed by atoms with Crippen LogP contribution in [0.1, 0.15) is 17.1 Å². The number of rotatable bonds is 10. The van der Waals surface area contributed by atoms with Crippen molar-refractivity contribution >= 4 is 69.8 Å². The molecular formula is C22H21N7O5S3. The zero-order valence-electron chi connectivity index (χ0n) is 19.4. The maximum absolute atomic E-state index is 13.0. The number of aromatic nitrogens is 3. The van der Waals surface area contributed by atoms with Gasteiger partial charge in [-0.15, -0.1) is 11.8 Å². The molecule has 0 aromatic carbocycles. The molecule has 2 aromatic heterocycles. The molecular weight excluding hydrogens is 538 g/mol. The average Bonchev–Trinajstić information content (AvgIpc) is 3.31. The number of carbonyl (C=O) groups excluding carboxylic acids is 2. The molecule has 2 aliphatic heterocycles. The van der Waals surface area contributed by atoms with Gasteiger partial charge in [0.1, 0.15) is 23.7 Å². The van der Waals surface area contributed by atoms with Crippen LogP contribution in [0.3, 0.4) is 0 Å². The number of hydrogen-bond acceptors (Lipinski definition) is 12. The highest BCUT2D eigenvalue weighted by molar-refractivity contribution is 8.08. The monoisotopic (exact) mass is 559 g/mol. The second-order valence-electron chi connectivity index (χ2n) is 7.57. The van der Waals surface area contributed by atoms with Crippen LogP contribution in [0.15, 0.2) is 52.2 Å². The number of nitrogen functional groups attached to an aromatic ring is 1. The summed E-state index contributed by atoms with van der Waals surface area (Å²) in [5.41, 5.74) is 7.01. The first kappa shape index (κ1) is 26.4. The van der Waals surface area contributed by atoms with Crippen LogP contribution in [0.5, 0.6) is 0 Å². The molecule has 2 aromatic rings. The van der Waals surface area contributed by atoms with Crippen LogP contribution in [0.25, 0.3) is 6.08 Å². The standard InChI is InChI=1S/C22H21N7O5S3/c1-3-7-34-27-14(17-26-22(23)37-28-17)18(30)25-15-19(31)29-16(21(32)33)13(10-36-20(15)29)35-8-6-12-5-4-11(2)24-9-12/h3-6,8-9,15,20H,1,7,10H2,2H3,(H,25,30)(H,32,33)(H2,23,26,28)/b8-6-,27-14?/t15?,20-/m1/s1. The summed E-state index contributed by atoms with van der Waals surface area (Å²) >= 11 is 3.44. The molecule has 0 radical (unpaired) electrons. The van der Waals surface area contributed by atoms with Crippen molar-refractivity contribution in [1.29, 1.82) is 0 Å². The molecule has 4 N–H and O–H groups in total. The predicted octanol–water partition coefficient (Wildman–Crippen LogP) is 1.83. The van der Waals surface area contributed by atoms with Gasteiger partial charge in [0.25, 0.3) is 11.8 Å². The van der Waals surface area contributed by atoms with Gasteiger partial charge in [0.15, 0.2) is 5.13 Å². The van der Waals surface area contributed by atoms with Crippen LogP contribution in [-0.4, -0.2) is 71.6 Å². The largest absolute Gasteiger partial charge is 0.477 e. The van der Waals surface area contributed by atoms with E-state index in [4.69, 9.17) is 10.6 Å². The minimum atomic E-state index is -1.22. The number of aryl methyl sites for hydroxylation is 1. The summed E-state index contributed by atoms with van der Waals surface area (Å²) in [6.45, 7) is 5.43. The zero-order chi connectivity index (χ0) is 26.5. The number of oxime groups is 1. The Kier molecular flexibility index (Phi) is 8.25. The third-order valence-corrected chi connectivity index (χ3v) is 7.94. The lowest BCUT2D eigenvalue weighted by molar-refractivity contribution is -0.150. The van der Waals surface area contributed by atoms with Gasteiger partial charge >= 0.3 is 5.97 Å². The first-order valence-corrected chi connectivity index (χ1v) is 13.4. The Morgan fingerprint density at radius 3 is 2.92 bits per heavy atom. The summed E-state index contributed by atoms with van der Waals surface area (Å²) in [6.07, 6.45) is 4.97. The van der Waals surface area contributed by atoms with E-state index in [2.05, 4.69) is 31.4 Å². The molecule has 4 heterocycles. The number of anilines is 1. The number of fused-ring (bicyclic) bond motifs is 1. The second kappa shape index (κ2) is 11.6. The summed E-state index contributed by atoms with van der Waals surface area (Å²) in [6, 6.07) is 2.81. The predicted molar refractivity (Wildman–Crippen MR) is 142 cm³/mol. The van der Waals surface area contributed by atoms with E-state index in [-0.39, 0.29) is 29.0 Å². The van der Waals surface area contributed by atoms with E-state index in [0.29, 0.717) is 10.7 Å². The topological polar surface area (TPSA) is 173 Å². The maximum Gasteiger partial charge on any atom is 0.353 e. The van der Waals surface area contributed by atoms with Crippen molar-refractivity contribution in [3.63, 3.8) is 0 Å². The first-order chi connectivity index (χ1) is 17.8. The van der Waals surface area contributed by atoms with Crippen LogP contribution in [0.4, 0.5) is 5.13 Å². The molecule has 1 fully saturated rings. The number of carbonyl (C=O) groups is 3. The van der Waals surface area contributed by atoms with Gasteiger partial charge in [0.2, 0.25) is 11.5 Å². The summed E-state index contributed by atoms with van der Waals surface area (Å²) in [7, 11) is 0. The summed E-state index contributed by atoms with van der Waals surface area (Å²) in [5.74, 6) is -2.24. The third kappa shape index (κ3) is 5.84. The molecule has 4 rings (SSSR count). The van der Waals surface area contributed by atoms with Crippen LogP contribution < -0.4 is 11.1 Å². The van der Waals surface area contributed by atoms with Crippen LogP contribution in [0.2, 0.25) is 0 Å². The van der Waals surface area contributed by atoms with Gasteiger partial charge in [-0.2, -0.15) is 9.36 Å². The number of nitrogens with one attached hydrogen (secondary N) is 1. The van der Waals surface area contributed by atoms with Gasteiger partial charge in [-0.3, -0.25) is 19.5 Å². The lowest BCUT2D eigenvalue weighted by atomic mass is 10.0. The number of nitrogens with zero attached hydrogens (tertiary/aromatic N) is 5.